The van der Waals surface area contributed by atoms with E-state index in [-0.39, 0.29) is 11.8 Å². The summed E-state index contributed by atoms with van der Waals surface area (Å²) >= 11 is 5.93. The predicted molar refractivity (Wildman–Crippen MR) is 120 cm³/mol. The minimum absolute atomic E-state index is 0.00283. The van der Waals surface area contributed by atoms with Gasteiger partial charge in [-0.05, 0) is 92.5 Å². The lowest BCUT2D eigenvalue weighted by Crippen LogP contribution is -2.29. The van der Waals surface area contributed by atoms with Gasteiger partial charge in [0.15, 0.2) is 0 Å². The lowest BCUT2D eigenvalue weighted by atomic mass is 9.73. The lowest BCUT2D eigenvalue weighted by molar-refractivity contribution is -0.121. The van der Waals surface area contributed by atoms with Gasteiger partial charge in [0, 0.05) is 28.2 Å². The van der Waals surface area contributed by atoms with Crippen molar-refractivity contribution in [1.29, 1.82) is 0 Å². The Balaban J connectivity index is 1.41. The standard InChI is InChI=1S/C25H27ClN2O/c1-16-3-12-24-23(15-16)22(13-14-27-24)19-6-4-18(5-7-19)17(2)25(29)28-21-10-8-20(26)9-11-21/h3,8-15,17-19H,4-7H2,1-2H3,(H,28,29). The highest BCUT2D eigenvalue weighted by atomic mass is 35.5. The van der Waals surface area contributed by atoms with Gasteiger partial charge in [0.05, 0.1) is 5.52 Å². The van der Waals surface area contributed by atoms with Crippen molar-refractivity contribution in [2.24, 2.45) is 11.8 Å². The van der Waals surface area contributed by atoms with Crippen molar-refractivity contribution >= 4 is 34.1 Å². The van der Waals surface area contributed by atoms with Crippen molar-refractivity contribution in [2.45, 2.75) is 45.4 Å². The van der Waals surface area contributed by atoms with E-state index in [1.54, 1.807) is 12.1 Å². The van der Waals surface area contributed by atoms with E-state index in [4.69, 9.17) is 11.6 Å². The molecule has 1 N–H and O–H groups in total. The topological polar surface area (TPSA) is 42.0 Å². The van der Waals surface area contributed by atoms with Crippen LogP contribution in [-0.4, -0.2) is 10.9 Å². The zero-order chi connectivity index (χ0) is 20.4. The van der Waals surface area contributed by atoms with Crippen LogP contribution < -0.4 is 5.32 Å². The third-order valence-corrected chi connectivity index (χ3v) is 6.63. The zero-order valence-corrected chi connectivity index (χ0v) is 17.7. The molecule has 0 saturated heterocycles. The zero-order valence-electron chi connectivity index (χ0n) is 17.0. The molecule has 3 aromatic rings. The number of hydrogen-bond acceptors (Lipinski definition) is 2. The Kier molecular flexibility index (Phi) is 5.86. The minimum Gasteiger partial charge on any atom is -0.326 e. The van der Waals surface area contributed by atoms with Crippen LogP contribution in [0.2, 0.25) is 5.02 Å². The molecule has 1 unspecified atom stereocenters. The van der Waals surface area contributed by atoms with Gasteiger partial charge in [-0.1, -0.05) is 30.2 Å². The van der Waals surface area contributed by atoms with Crippen LogP contribution in [0.3, 0.4) is 0 Å². The summed E-state index contributed by atoms with van der Waals surface area (Å²) in [6.07, 6.45) is 6.33. The number of aromatic nitrogens is 1. The van der Waals surface area contributed by atoms with Crippen LogP contribution in [0.1, 0.15) is 49.7 Å². The summed E-state index contributed by atoms with van der Waals surface area (Å²) in [6, 6.07) is 16.0. The number of rotatable bonds is 4. The van der Waals surface area contributed by atoms with Gasteiger partial charge >= 0.3 is 0 Å². The maximum Gasteiger partial charge on any atom is 0.227 e. The Morgan fingerprint density at radius 1 is 1.07 bits per heavy atom. The first-order chi connectivity index (χ1) is 14.0. The average Bonchev–Trinajstić information content (AvgIpc) is 2.74. The fraction of sp³-hybridized carbons (Fsp3) is 0.360. The second-order valence-electron chi connectivity index (χ2n) is 8.32. The summed E-state index contributed by atoms with van der Waals surface area (Å²) in [5, 5.41) is 4.99. The lowest BCUT2D eigenvalue weighted by Gasteiger charge is -2.32. The molecule has 4 rings (SSSR count). The molecule has 150 valence electrons. The highest BCUT2D eigenvalue weighted by molar-refractivity contribution is 6.30. The van der Waals surface area contributed by atoms with E-state index >= 15 is 0 Å². The molecule has 0 aliphatic heterocycles. The highest BCUT2D eigenvalue weighted by Crippen LogP contribution is 2.41. The van der Waals surface area contributed by atoms with Crippen molar-refractivity contribution in [3.05, 3.63) is 70.9 Å². The molecule has 1 atom stereocenters. The van der Waals surface area contributed by atoms with Gasteiger partial charge in [-0.25, -0.2) is 0 Å². The molecule has 1 fully saturated rings. The Bertz CT molecular complexity index is 1010. The molecule has 3 nitrogen and oxygen atoms in total. The molecule has 1 saturated carbocycles. The number of nitrogens with one attached hydrogen (secondary N) is 1. The maximum absolute atomic E-state index is 12.7. The van der Waals surface area contributed by atoms with E-state index in [2.05, 4.69) is 48.4 Å². The van der Waals surface area contributed by atoms with E-state index in [0.29, 0.717) is 16.9 Å². The normalized spacial score (nSPS) is 20.4. The molecule has 0 bridgehead atoms. The van der Waals surface area contributed by atoms with Gasteiger partial charge in [-0.15, -0.1) is 0 Å². The van der Waals surface area contributed by atoms with Crippen LogP contribution in [0.5, 0.6) is 0 Å². The Hall–Kier alpha value is -2.39. The Labute approximate surface area is 177 Å². The summed E-state index contributed by atoms with van der Waals surface area (Å²) in [5.74, 6) is 1.07. The third-order valence-electron chi connectivity index (χ3n) is 6.37. The fourth-order valence-electron chi connectivity index (χ4n) is 4.57. The SMILES string of the molecule is Cc1ccc2nccc(C3CCC(C(C)C(=O)Nc4ccc(Cl)cc4)CC3)c2c1. The summed E-state index contributed by atoms with van der Waals surface area (Å²) in [7, 11) is 0. The quantitative estimate of drug-likeness (QED) is 0.520. The van der Waals surface area contributed by atoms with Crippen LogP contribution in [0, 0.1) is 18.8 Å². The molecule has 1 aromatic heterocycles. The summed E-state index contributed by atoms with van der Waals surface area (Å²) in [4.78, 5) is 17.2. The molecule has 0 spiro atoms. The number of hydrogen-bond donors (Lipinski definition) is 1. The number of carbonyl (C=O) groups is 1. The third kappa shape index (κ3) is 4.45. The average molecular weight is 407 g/mol. The second kappa shape index (κ2) is 8.54. The summed E-state index contributed by atoms with van der Waals surface area (Å²) in [5.41, 5.74) is 4.56. The number of benzene rings is 2. The van der Waals surface area contributed by atoms with Gasteiger partial charge in [0.25, 0.3) is 0 Å². The van der Waals surface area contributed by atoms with Crippen molar-refractivity contribution in [1.82, 2.24) is 4.98 Å². The van der Waals surface area contributed by atoms with Crippen molar-refractivity contribution in [3.63, 3.8) is 0 Å². The molecule has 1 aliphatic rings. The number of pyridine rings is 1. The maximum atomic E-state index is 12.7. The monoisotopic (exact) mass is 406 g/mol. The van der Waals surface area contributed by atoms with E-state index in [1.807, 2.05) is 18.3 Å². The first-order valence-corrected chi connectivity index (χ1v) is 10.8. The molecule has 0 radical (unpaired) electrons. The van der Waals surface area contributed by atoms with E-state index < -0.39 is 0 Å². The highest BCUT2D eigenvalue weighted by Gasteiger charge is 2.30. The molecule has 29 heavy (non-hydrogen) atoms. The molecular weight excluding hydrogens is 380 g/mol. The number of amides is 1. The molecular formula is C25H27ClN2O. The fourth-order valence-corrected chi connectivity index (χ4v) is 4.70. The summed E-state index contributed by atoms with van der Waals surface area (Å²) < 4.78 is 0. The van der Waals surface area contributed by atoms with Gasteiger partial charge in [-0.3, -0.25) is 9.78 Å². The Morgan fingerprint density at radius 3 is 2.52 bits per heavy atom. The van der Waals surface area contributed by atoms with Gasteiger partial charge < -0.3 is 5.32 Å². The molecule has 1 amide bonds. The van der Waals surface area contributed by atoms with Crippen LogP contribution >= 0.6 is 11.6 Å². The van der Waals surface area contributed by atoms with E-state index in [9.17, 15) is 4.79 Å². The molecule has 1 aliphatic carbocycles. The Morgan fingerprint density at radius 2 is 1.79 bits per heavy atom. The van der Waals surface area contributed by atoms with Crippen LogP contribution in [0.25, 0.3) is 10.9 Å². The number of anilines is 1. The largest absolute Gasteiger partial charge is 0.326 e. The number of fused-ring (bicyclic) bond motifs is 1. The number of carbonyl (C=O) groups excluding carboxylic acids is 1. The van der Waals surface area contributed by atoms with Gasteiger partial charge in [0.1, 0.15) is 0 Å². The van der Waals surface area contributed by atoms with Gasteiger partial charge in [-0.2, -0.15) is 0 Å². The van der Waals surface area contributed by atoms with Crippen LogP contribution in [0.15, 0.2) is 54.7 Å². The smallest absolute Gasteiger partial charge is 0.227 e. The number of aryl methyl sites for hydroxylation is 1. The number of halogens is 1. The first kappa shape index (κ1) is 19.9. The van der Waals surface area contributed by atoms with Crippen LogP contribution in [-0.2, 0) is 4.79 Å². The second-order valence-corrected chi connectivity index (χ2v) is 8.75. The molecule has 1 heterocycles. The van der Waals surface area contributed by atoms with E-state index in [1.165, 1.54) is 16.5 Å². The van der Waals surface area contributed by atoms with Crippen LogP contribution in [0.4, 0.5) is 5.69 Å². The predicted octanol–water partition coefficient (Wildman–Crippen LogP) is 6.75. The minimum atomic E-state index is 0.00283. The first-order valence-electron chi connectivity index (χ1n) is 10.4. The molecule has 2 aromatic carbocycles. The molecule has 4 heteroatoms. The van der Waals surface area contributed by atoms with Crippen molar-refractivity contribution in [2.75, 3.05) is 5.32 Å². The van der Waals surface area contributed by atoms with E-state index in [0.717, 1.165) is 36.9 Å². The van der Waals surface area contributed by atoms with Crippen molar-refractivity contribution < 1.29 is 4.79 Å². The summed E-state index contributed by atoms with van der Waals surface area (Å²) in [6.45, 7) is 4.19. The van der Waals surface area contributed by atoms with Gasteiger partial charge in [0.2, 0.25) is 5.91 Å². The number of nitrogens with zero attached hydrogens (tertiary/aromatic N) is 1. The van der Waals surface area contributed by atoms with Crippen molar-refractivity contribution in [3.8, 4) is 0 Å².